The number of nitrogens with zero attached hydrogens (tertiary/aromatic N) is 19. The first-order valence-corrected chi connectivity index (χ1v) is 39.6. The van der Waals surface area contributed by atoms with Gasteiger partial charge in [0, 0.05) is 67.2 Å². The Kier molecular flexibility index (Phi) is 28.4. The zero-order valence-corrected chi connectivity index (χ0v) is 72.0. The van der Waals surface area contributed by atoms with Crippen molar-refractivity contribution in [2.24, 2.45) is 5.73 Å². The van der Waals surface area contributed by atoms with Gasteiger partial charge in [-0.3, -0.25) is 38.7 Å². The molecule has 16 aromatic rings. The number of aromatic amines is 1. The molecule has 127 heavy (non-hydrogen) atoms. The Labute approximate surface area is 736 Å². The predicted octanol–water partition coefficient (Wildman–Crippen LogP) is 14.7. The average Bonchev–Trinajstić information content (AvgIpc) is 1.28. The van der Waals surface area contributed by atoms with E-state index in [4.69, 9.17) is 26.8 Å². The van der Waals surface area contributed by atoms with E-state index in [1.165, 1.54) is 117 Å². The lowest BCUT2D eigenvalue weighted by Gasteiger charge is -2.20. The molecule has 0 atom stereocenters. The number of hydrogen-bond acceptors (Lipinski definition) is 21. The first-order valence-electron chi connectivity index (χ1n) is 38.0. The summed E-state index contributed by atoms with van der Waals surface area (Å²) in [5.41, 5.74) is 10.7. The highest BCUT2D eigenvalue weighted by Gasteiger charge is 2.26. The van der Waals surface area contributed by atoms with Crippen molar-refractivity contribution in [2.75, 3.05) is 0 Å². The van der Waals surface area contributed by atoms with Gasteiger partial charge in [0.1, 0.15) is 47.5 Å². The topological polar surface area (TPSA) is 435 Å². The molecule has 638 valence electrons. The minimum Gasteiger partial charge on any atom is -0.392 e. The zero-order chi connectivity index (χ0) is 92.1. The largest absolute Gasteiger partial charge is 0.392 e. The smallest absolute Gasteiger partial charge is 0.282 e. The monoisotopic (exact) mass is 1840 g/mol. The Balaban J connectivity index is 0.000000157. The number of aliphatic hydroxyl groups is 2. The normalized spacial score (nSPS) is 11.0. The fourth-order valence-corrected chi connectivity index (χ4v) is 13.6. The molecule has 16 rings (SSSR count). The van der Waals surface area contributed by atoms with Crippen LogP contribution >= 0.6 is 31.9 Å². The van der Waals surface area contributed by atoms with Gasteiger partial charge in [0.05, 0.1) is 163 Å². The first kappa shape index (κ1) is 92.0. The quantitative estimate of drug-likeness (QED) is 0.0615. The van der Waals surface area contributed by atoms with Crippen molar-refractivity contribution >= 4 is 88.9 Å². The molecule has 0 spiro atoms. The molecule has 30 nitrogen and oxygen atoms in total. The maximum atomic E-state index is 15.0. The number of aldehydes is 3. The van der Waals surface area contributed by atoms with E-state index in [2.05, 4.69) is 77.7 Å². The molecule has 8 heterocycles. The lowest BCUT2D eigenvalue weighted by Crippen LogP contribution is -2.24. The van der Waals surface area contributed by atoms with Crippen LogP contribution in [0.5, 0.6) is 0 Å². The molecule has 0 fully saturated rings. The Morgan fingerprint density at radius 3 is 1.07 bits per heavy atom. The Hall–Kier alpha value is -15.7. The van der Waals surface area contributed by atoms with Crippen LogP contribution in [0, 0.1) is 68.6 Å². The maximum Gasteiger partial charge on any atom is 0.282 e. The van der Waals surface area contributed by atoms with E-state index in [1.54, 1.807) is 109 Å². The number of amides is 1. The molecule has 5 N–H and O–H groups in total. The fraction of sp³-hybridized carbons (Fsp3) is 0.154. The SMILES string of the molecule is CC(C)(C)c1cc(F)c2c(=O)n(-c3cccc(-n4cc(C#N)cn4)c3C=O)ncc2c1.CC(C)(C)c1cc(F)c2c(=O)n(-c3cccc(-n4cc(C#N)cn4)c3CO)ncc2c1.CC(C)(C)c1cc(F)c2c(=O)n(-c3cccc(-n4cc(C(N)=O)cn4)c3CO)ncc2c1.N#Cc1cn[nH]c1.N#Cc1cnn(-c2cccc(Br)c2C=O)c1.O=Cc1c(F)cccc1Br. The molecule has 0 radical (unpaired) electrons. The summed E-state index contributed by atoms with van der Waals surface area (Å²) in [4.78, 5) is 84.1. The summed E-state index contributed by atoms with van der Waals surface area (Å²) in [6.45, 7) is 16.8. The average molecular weight is 1840 g/mol. The number of aliphatic hydroxyl groups excluding tert-OH is 2. The van der Waals surface area contributed by atoms with Crippen LogP contribution in [0.15, 0.2) is 231 Å². The maximum absolute atomic E-state index is 15.0. The van der Waals surface area contributed by atoms with Crippen LogP contribution in [0.25, 0.3) is 72.1 Å². The molecule has 0 unspecified atom stereocenters. The lowest BCUT2D eigenvalue weighted by molar-refractivity contribution is 0.0998. The van der Waals surface area contributed by atoms with Gasteiger partial charge in [-0.05, 0) is 162 Å². The molecule has 0 aliphatic rings. The molecule has 0 aliphatic carbocycles. The number of carbonyl (C=O) groups excluding carboxylic acids is 4. The van der Waals surface area contributed by atoms with E-state index in [-0.39, 0.29) is 60.5 Å². The van der Waals surface area contributed by atoms with Crippen LogP contribution in [-0.4, -0.2) is 114 Å². The van der Waals surface area contributed by atoms with Crippen molar-refractivity contribution in [1.29, 1.82) is 21.0 Å². The van der Waals surface area contributed by atoms with E-state index in [1.807, 2.05) is 86.6 Å². The number of nitrogens with two attached hydrogens (primary N) is 1. The number of nitriles is 4. The Morgan fingerprint density at radius 2 is 0.748 bits per heavy atom. The van der Waals surface area contributed by atoms with Gasteiger partial charge < -0.3 is 15.9 Å². The minimum atomic E-state index is -0.672. The number of halogens is 6. The minimum absolute atomic E-state index is 0.0665. The van der Waals surface area contributed by atoms with Crippen molar-refractivity contribution in [3.8, 4) is 64.1 Å². The van der Waals surface area contributed by atoms with Crippen molar-refractivity contribution in [2.45, 2.75) is 91.8 Å². The molecule has 0 saturated carbocycles. The van der Waals surface area contributed by atoms with E-state index in [0.29, 0.717) is 105 Å². The van der Waals surface area contributed by atoms with Gasteiger partial charge in [0.15, 0.2) is 18.9 Å². The molecule has 8 aromatic heterocycles. The summed E-state index contributed by atoms with van der Waals surface area (Å²) in [7, 11) is 0. The highest BCUT2D eigenvalue weighted by molar-refractivity contribution is 9.10. The Morgan fingerprint density at radius 1 is 0.417 bits per heavy atom. The van der Waals surface area contributed by atoms with Gasteiger partial charge in [0.2, 0.25) is 0 Å². The third kappa shape index (κ3) is 20.3. The van der Waals surface area contributed by atoms with Crippen LogP contribution in [0.4, 0.5) is 17.6 Å². The number of nitrogens with one attached hydrogen (secondary N) is 1. The first-order chi connectivity index (χ1) is 60.5. The van der Waals surface area contributed by atoms with Gasteiger partial charge in [-0.25, -0.2) is 36.3 Å². The Bertz CT molecular complexity index is 7290. The van der Waals surface area contributed by atoms with Crippen molar-refractivity contribution in [3.63, 3.8) is 0 Å². The van der Waals surface area contributed by atoms with Crippen LogP contribution in [-0.2, 0) is 29.5 Å². The molecule has 36 heteroatoms. The third-order valence-corrected chi connectivity index (χ3v) is 20.8. The number of H-pyrrole nitrogens is 1. The highest BCUT2D eigenvalue weighted by Crippen LogP contribution is 2.33. The van der Waals surface area contributed by atoms with Crippen LogP contribution in [0.1, 0.15) is 154 Å². The fourth-order valence-electron chi connectivity index (χ4n) is 12.7. The predicted molar refractivity (Wildman–Crippen MR) is 469 cm³/mol. The van der Waals surface area contributed by atoms with Crippen LogP contribution in [0.3, 0.4) is 0 Å². The molecule has 8 aromatic carbocycles. The highest BCUT2D eigenvalue weighted by atomic mass is 79.9. The second-order valence-corrected chi connectivity index (χ2v) is 32.5. The van der Waals surface area contributed by atoms with E-state index in [9.17, 15) is 61.3 Å². The van der Waals surface area contributed by atoms with Crippen LogP contribution < -0.4 is 22.4 Å². The van der Waals surface area contributed by atoms with E-state index >= 15 is 0 Å². The summed E-state index contributed by atoms with van der Waals surface area (Å²) >= 11 is 6.33. The summed E-state index contributed by atoms with van der Waals surface area (Å²) in [5, 5.41) is 91.1. The van der Waals surface area contributed by atoms with Crippen molar-refractivity contribution in [3.05, 3.63) is 344 Å². The molecule has 0 bridgehead atoms. The number of carbonyl (C=O) groups is 4. The van der Waals surface area contributed by atoms with Gasteiger partial charge in [0.25, 0.3) is 22.6 Å². The van der Waals surface area contributed by atoms with Crippen molar-refractivity contribution in [1.82, 2.24) is 78.7 Å². The molecular formula is C91H73Br2F4N21O9. The standard InChI is InChI=1S/C23H22FN5O3.C23H20FN5O2.C23H18FN5O2.C11H6BrN3O.C7H4BrFO.C4H3N3/c1-23(2,3)15-7-13-9-27-29(22(32)20(13)17(24)8-15)19-6-4-5-18(16(19)12-30)28-11-14(10-26-28)21(25)31;2*1-23(2,3)16-7-15-11-27-29(22(31)21(15)18(24)8-16)20-6-4-5-19(17(20)13-30)28-12-14(9-25)10-26-28;12-10-2-1-3-11(9(10)7-16)15-6-8(4-13)5-14-15;8-6-2-1-3-7(9)5(6)4-10;5-1-4-2-6-7-3-4/h4-11,30H,12H2,1-3H3,(H2,25,31);4-8,10-12,30H,13H2,1-3H3;4-8,10-13H,1-3H3;1-3,5-7H;1-4H;2-3H,(H,6,7). The molecular weight excluding hydrogens is 1770 g/mol. The summed E-state index contributed by atoms with van der Waals surface area (Å²) in [5.74, 6) is -3.03. The summed E-state index contributed by atoms with van der Waals surface area (Å²) in [6, 6.07) is 41.7. The van der Waals surface area contributed by atoms with Gasteiger partial charge >= 0.3 is 0 Å². The second kappa shape index (κ2) is 39.2. The number of rotatable bonds is 13. The number of aromatic nitrogens is 16. The zero-order valence-electron chi connectivity index (χ0n) is 68.9. The second-order valence-electron chi connectivity index (χ2n) is 30.8. The lowest BCUT2D eigenvalue weighted by atomic mass is 9.86. The number of primary amides is 1. The van der Waals surface area contributed by atoms with Crippen LogP contribution in [0.2, 0.25) is 0 Å². The summed E-state index contributed by atoms with van der Waals surface area (Å²) < 4.78 is 67.5. The van der Waals surface area contributed by atoms with E-state index in [0.717, 1.165) is 37.0 Å². The number of benzene rings is 8. The summed E-state index contributed by atoms with van der Waals surface area (Å²) in [6.07, 6.45) is 20.6. The van der Waals surface area contributed by atoms with Gasteiger partial charge in [-0.15, -0.1) is 0 Å². The van der Waals surface area contributed by atoms with Gasteiger partial charge in [-0.2, -0.15) is 75.9 Å². The number of fused-ring (bicyclic) bond motifs is 3. The van der Waals surface area contributed by atoms with Crippen molar-refractivity contribution < 1.29 is 47.0 Å². The molecule has 1 amide bonds. The molecule has 0 saturated heterocycles. The van der Waals surface area contributed by atoms with E-state index < -0.39 is 59.1 Å². The molecule has 0 aliphatic heterocycles. The van der Waals surface area contributed by atoms with Gasteiger partial charge in [-0.1, -0.05) is 92.6 Å². The third-order valence-electron chi connectivity index (χ3n) is 19.4. The number of hydrogen-bond donors (Lipinski definition) is 4.